The Hall–Kier alpha value is -1.26. The molecule has 2 aliphatic rings. The summed E-state index contributed by atoms with van der Waals surface area (Å²) in [6, 6.07) is 0.108. The number of carboxylic acids is 1. The van der Waals surface area contributed by atoms with Crippen molar-refractivity contribution in [2.75, 3.05) is 6.54 Å². The van der Waals surface area contributed by atoms with Crippen LogP contribution < -0.4 is 10.6 Å². The van der Waals surface area contributed by atoms with E-state index in [2.05, 4.69) is 17.6 Å². The van der Waals surface area contributed by atoms with Crippen molar-refractivity contribution in [2.45, 2.75) is 64.3 Å². The summed E-state index contributed by atoms with van der Waals surface area (Å²) >= 11 is 0. The normalized spacial score (nSPS) is 26.9. The summed E-state index contributed by atoms with van der Waals surface area (Å²) in [4.78, 5) is 23.2. The van der Waals surface area contributed by atoms with Gasteiger partial charge in [0.25, 0.3) is 0 Å². The molecule has 0 radical (unpaired) electrons. The van der Waals surface area contributed by atoms with Crippen molar-refractivity contribution in [3.63, 3.8) is 0 Å². The van der Waals surface area contributed by atoms with Gasteiger partial charge in [0.2, 0.25) is 0 Å². The van der Waals surface area contributed by atoms with E-state index >= 15 is 0 Å². The molecule has 3 N–H and O–H groups in total. The molecule has 2 saturated carbocycles. The summed E-state index contributed by atoms with van der Waals surface area (Å²) in [6.45, 7) is 2.57. The molecule has 2 rings (SSSR count). The molecule has 3 unspecified atom stereocenters. The molecular weight excluding hydrogens is 268 g/mol. The summed E-state index contributed by atoms with van der Waals surface area (Å²) in [5.74, 6) is -0.148. The minimum atomic E-state index is -0.720. The Morgan fingerprint density at radius 3 is 2.52 bits per heavy atom. The van der Waals surface area contributed by atoms with Crippen LogP contribution in [0.2, 0.25) is 0 Å². The lowest BCUT2D eigenvalue weighted by Gasteiger charge is -2.29. The fourth-order valence-corrected chi connectivity index (χ4v) is 3.32. The van der Waals surface area contributed by atoms with Crippen LogP contribution in [0.5, 0.6) is 0 Å². The van der Waals surface area contributed by atoms with Crippen LogP contribution in [-0.4, -0.2) is 29.7 Å². The SMILES string of the molecule is CCC(CC1CC1)NC(=O)NCC1CCCCC1C(=O)O. The lowest BCUT2D eigenvalue weighted by Crippen LogP contribution is -2.45. The molecule has 5 nitrogen and oxygen atoms in total. The highest BCUT2D eigenvalue weighted by Crippen LogP contribution is 2.34. The number of amides is 2. The van der Waals surface area contributed by atoms with Gasteiger partial charge in [-0.25, -0.2) is 4.79 Å². The van der Waals surface area contributed by atoms with Gasteiger partial charge in [-0.2, -0.15) is 0 Å². The molecule has 0 spiro atoms. The Labute approximate surface area is 126 Å². The van der Waals surface area contributed by atoms with E-state index in [-0.39, 0.29) is 23.9 Å². The van der Waals surface area contributed by atoms with Crippen molar-refractivity contribution in [2.24, 2.45) is 17.8 Å². The van der Waals surface area contributed by atoms with E-state index in [4.69, 9.17) is 0 Å². The Morgan fingerprint density at radius 1 is 1.19 bits per heavy atom. The average molecular weight is 296 g/mol. The van der Waals surface area contributed by atoms with Gasteiger partial charge in [0, 0.05) is 12.6 Å². The average Bonchev–Trinajstić information content (AvgIpc) is 3.28. The van der Waals surface area contributed by atoms with Crippen LogP contribution >= 0.6 is 0 Å². The summed E-state index contributed by atoms with van der Waals surface area (Å²) in [5, 5.41) is 15.1. The van der Waals surface area contributed by atoms with Crippen LogP contribution in [0.25, 0.3) is 0 Å². The second-order valence-electron chi connectivity index (χ2n) is 6.63. The van der Waals surface area contributed by atoms with Gasteiger partial charge < -0.3 is 15.7 Å². The van der Waals surface area contributed by atoms with Crippen molar-refractivity contribution < 1.29 is 14.7 Å². The standard InChI is InChI=1S/C16H28N2O3/c1-2-13(9-11-7-8-11)18-16(21)17-10-12-5-3-4-6-14(12)15(19)20/h11-14H,2-10H2,1H3,(H,19,20)(H2,17,18,21). The molecule has 2 aliphatic carbocycles. The first-order valence-electron chi connectivity index (χ1n) is 8.37. The van der Waals surface area contributed by atoms with Crippen molar-refractivity contribution in [3.8, 4) is 0 Å². The highest BCUT2D eigenvalue weighted by molar-refractivity contribution is 5.74. The van der Waals surface area contributed by atoms with Gasteiger partial charge in [0.05, 0.1) is 5.92 Å². The zero-order chi connectivity index (χ0) is 15.2. The summed E-state index contributed by atoms with van der Waals surface area (Å²) in [6.07, 6.45) is 8.30. The van der Waals surface area contributed by atoms with E-state index in [0.29, 0.717) is 6.54 Å². The molecule has 2 fully saturated rings. The van der Waals surface area contributed by atoms with E-state index in [1.165, 1.54) is 12.8 Å². The van der Waals surface area contributed by atoms with E-state index in [1.54, 1.807) is 0 Å². The van der Waals surface area contributed by atoms with Crippen LogP contribution in [-0.2, 0) is 4.79 Å². The third-order valence-corrected chi connectivity index (χ3v) is 4.89. The number of nitrogens with one attached hydrogen (secondary N) is 2. The molecule has 0 aromatic rings. The maximum atomic E-state index is 12.0. The molecular formula is C16H28N2O3. The second-order valence-corrected chi connectivity index (χ2v) is 6.63. The van der Waals surface area contributed by atoms with E-state index in [0.717, 1.165) is 44.4 Å². The first-order valence-corrected chi connectivity index (χ1v) is 8.37. The third kappa shape index (κ3) is 5.21. The van der Waals surface area contributed by atoms with Gasteiger partial charge in [-0.15, -0.1) is 0 Å². The van der Waals surface area contributed by atoms with Gasteiger partial charge in [-0.05, 0) is 37.5 Å². The predicted octanol–water partition coefficient (Wildman–Crippen LogP) is 2.76. The Balaban J connectivity index is 1.72. The van der Waals surface area contributed by atoms with E-state index in [1.807, 2.05) is 0 Å². The molecule has 2 amide bonds. The maximum absolute atomic E-state index is 12.0. The number of carbonyl (C=O) groups excluding carboxylic acids is 1. The van der Waals surface area contributed by atoms with Crippen molar-refractivity contribution >= 4 is 12.0 Å². The maximum Gasteiger partial charge on any atom is 0.315 e. The monoisotopic (exact) mass is 296 g/mol. The minimum Gasteiger partial charge on any atom is -0.481 e. The molecule has 0 aromatic heterocycles. The van der Waals surface area contributed by atoms with Gasteiger partial charge in [-0.1, -0.05) is 32.6 Å². The molecule has 0 aromatic carbocycles. The fourth-order valence-electron chi connectivity index (χ4n) is 3.32. The minimum absolute atomic E-state index is 0.0745. The van der Waals surface area contributed by atoms with Crippen molar-refractivity contribution in [1.29, 1.82) is 0 Å². The van der Waals surface area contributed by atoms with E-state index in [9.17, 15) is 14.7 Å². The lowest BCUT2D eigenvalue weighted by atomic mass is 9.79. The highest BCUT2D eigenvalue weighted by atomic mass is 16.4. The first-order chi connectivity index (χ1) is 10.1. The van der Waals surface area contributed by atoms with Gasteiger partial charge >= 0.3 is 12.0 Å². The number of hydrogen-bond acceptors (Lipinski definition) is 2. The quantitative estimate of drug-likeness (QED) is 0.676. The molecule has 0 saturated heterocycles. The zero-order valence-electron chi connectivity index (χ0n) is 12.9. The number of hydrogen-bond donors (Lipinski definition) is 3. The molecule has 21 heavy (non-hydrogen) atoms. The molecule has 0 aliphatic heterocycles. The highest BCUT2D eigenvalue weighted by Gasteiger charge is 2.31. The van der Waals surface area contributed by atoms with Crippen molar-refractivity contribution in [1.82, 2.24) is 10.6 Å². The second kappa shape index (κ2) is 7.66. The molecule has 0 heterocycles. The Kier molecular flexibility index (Phi) is 5.88. The smallest absolute Gasteiger partial charge is 0.315 e. The molecule has 120 valence electrons. The Bertz CT molecular complexity index is 369. The summed E-state index contributed by atoms with van der Waals surface area (Å²) in [5.41, 5.74) is 0. The number of aliphatic carboxylic acids is 1. The number of rotatable bonds is 7. The predicted molar refractivity (Wildman–Crippen MR) is 81.0 cm³/mol. The molecule has 0 bridgehead atoms. The van der Waals surface area contributed by atoms with Gasteiger partial charge in [0.1, 0.15) is 0 Å². The number of carbonyl (C=O) groups is 2. The van der Waals surface area contributed by atoms with Crippen LogP contribution in [0.1, 0.15) is 58.3 Å². The molecule has 5 heteroatoms. The summed E-state index contributed by atoms with van der Waals surface area (Å²) < 4.78 is 0. The lowest BCUT2D eigenvalue weighted by molar-refractivity contribution is -0.144. The number of urea groups is 1. The topological polar surface area (TPSA) is 78.4 Å². The first kappa shape index (κ1) is 16.1. The molecule has 3 atom stereocenters. The van der Waals surface area contributed by atoms with Crippen molar-refractivity contribution in [3.05, 3.63) is 0 Å². The van der Waals surface area contributed by atoms with Crippen LogP contribution in [0.15, 0.2) is 0 Å². The zero-order valence-corrected chi connectivity index (χ0v) is 12.9. The van der Waals surface area contributed by atoms with Crippen LogP contribution in [0.4, 0.5) is 4.79 Å². The Morgan fingerprint density at radius 2 is 1.90 bits per heavy atom. The van der Waals surface area contributed by atoms with E-state index < -0.39 is 5.97 Å². The summed E-state index contributed by atoms with van der Waals surface area (Å²) in [7, 11) is 0. The van der Waals surface area contributed by atoms with Crippen LogP contribution in [0.3, 0.4) is 0 Å². The fraction of sp³-hybridized carbons (Fsp3) is 0.875. The third-order valence-electron chi connectivity index (χ3n) is 4.89. The van der Waals surface area contributed by atoms with Gasteiger partial charge in [0.15, 0.2) is 0 Å². The largest absolute Gasteiger partial charge is 0.481 e. The van der Waals surface area contributed by atoms with Crippen LogP contribution in [0, 0.1) is 17.8 Å². The van der Waals surface area contributed by atoms with Gasteiger partial charge in [-0.3, -0.25) is 4.79 Å². The number of carboxylic acid groups (broad SMARTS) is 1.